The Hall–Kier alpha value is -0.540. The smallest absolute Gasteiger partial charge is 0.0700 e. The van der Waals surface area contributed by atoms with Gasteiger partial charge in [0, 0.05) is 25.4 Å². The van der Waals surface area contributed by atoms with Gasteiger partial charge in [-0.2, -0.15) is 0 Å². The minimum atomic E-state index is 0.0392. The first-order valence-corrected chi connectivity index (χ1v) is 8.69. The Kier molecular flexibility index (Phi) is 5.37. The van der Waals surface area contributed by atoms with Crippen LogP contribution in [-0.4, -0.2) is 6.54 Å². The lowest BCUT2D eigenvalue weighted by molar-refractivity contribution is 0.604. The maximum atomic E-state index is 6.39. The van der Waals surface area contributed by atoms with Crippen LogP contribution in [0.15, 0.2) is 30.3 Å². The predicted molar refractivity (Wildman–Crippen MR) is 95.0 cm³/mol. The van der Waals surface area contributed by atoms with Crippen molar-refractivity contribution in [1.82, 2.24) is 5.32 Å². The predicted octanol–water partition coefficient (Wildman–Crippen LogP) is 6.05. The van der Waals surface area contributed by atoms with Crippen LogP contribution in [-0.2, 0) is 5.41 Å². The van der Waals surface area contributed by atoms with E-state index in [4.69, 9.17) is 23.2 Å². The molecule has 0 saturated heterocycles. The van der Waals surface area contributed by atoms with E-state index in [1.54, 1.807) is 0 Å². The van der Waals surface area contributed by atoms with Gasteiger partial charge in [0.2, 0.25) is 0 Å². The summed E-state index contributed by atoms with van der Waals surface area (Å²) in [5.41, 5.74) is 1.12. The summed E-state index contributed by atoms with van der Waals surface area (Å²) in [5.74, 6) is 0. The van der Waals surface area contributed by atoms with Crippen molar-refractivity contribution >= 4 is 34.5 Å². The van der Waals surface area contributed by atoms with Crippen LogP contribution in [0.1, 0.15) is 49.1 Å². The quantitative estimate of drug-likeness (QED) is 0.713. The van der Waals surface area contributed by atoms with E-state index in [-0.39, 0.29) is 11.5 Å². The molecule has 0 aliphatic carbocycles. The molecular formula is C17H21Cl2NS. The fourth-order valence-corrected chi connectivity index (χ4v) is 4.01. The first-order valence-electron chi connectivity index (χ1n) is 7.12. The summed E-state index contributed by atoms with van der Waals surface area (Å²) in [4.78, 5) is 2.61. The van der Waals surface area contributed by atoms with E-state index in [0.29, 0.717) is 10.0 Å². The normalized spacial score (nSPS) is 13.4. The van der Waals surface area contributed by atoms with Gasteiger partial charge in [-0.25, -0.2) is 0 Å². The standard InChI is InChI=1S/C17H21Cl2NS/c1-5-20-16(15-11(18)7-6-8-12(15)19)13-9-10-14(21-13)17(2,3)4/h6-10,16,20H,5H2,1-4H3. The van der Waals surface area contributed by atoms with Crippen molar-refractivity contribution < 1.29 is 0 Å². The van der Waals surface area contributed by atoms with Crippen LogP contribution < -0.4 is 5.32 Å². The van der Waals surface area contributed by atoms with Crippen LogP contribution in [0.25, 0.3) is 0 Å². The van der Waals surface area contributed by atoms with Gasteiger partial charge in [-0.15, -0.1) is 11.3 Å². The molecule has 0 spiro atoms. The van der Waals surface area contributed by atoms with E-state index in [2.05, 4.69) is 45.1 Å². The third-order valence-electron chi connectivity index (χ3n) is 3.35. The molecule has 2 aromatic rings. The van der Waals surface area contributed by atoms with Gasteiger partial charge in [0.1, 0.15) is 0 Å². The van der Waals surface area contributed by atoms with Crippen LogP contribution in [0.4, 0.5) is 0 Å². The van der Waals surface area contributed by atoms with E-state index in [1.165, 1.54) is 9.75 Å². The van der Waals surface area contributed by atoms with E-state index in [9.17, 15) is 0 Å². The van der Waals surface area contributed by atoms with Crippen LogP contribution >= 0.6 is 34.5 Å². The first kappa shape index (κ1) is 16.8. The van der Waals surface area contributed by atoms with Gasteiger partial charge in [0.25, 0.3) is 0 Å². The number of thiophene rings is 1. The van der Waals surface area contributed by atoms with E-state index >= 15 is 0 Å². The molecule has 1 aromatic carbocycles. The molecular weight excluding hydrogens is 321 g/mol. The van der Waals surface area contributed by atoms with Crippen molar-refractivity contribution in [2.75, 3.05) is 6.54 Å². The summed E-state index contributed by atoms with van der Waals surface area (Å²) in [5, 5.41) is 4.92. The molecule has 0 aliphatic rings. The van der Waals surface area contributed by atoms with Gasteiger partial charge in [-0.1, -0.05) is 57.0 Å². The molecule has 0 aliphatic heterocycles. The molecule has 0 saturated carbocycles. The van der Waals surface area contributed by atoms with Gasteiger partial charge in [0.15, 0.2) is 0 Å². The average Bonchev–Trinajstić information content (AvgIpc) is 2.86. The molecule has 0 fully saturated rings. The average molecular weight is 342 g/mol. The molecule has 114 valence electrons. The van der Waals surface area contributed by atoms with Gasteiger partial charge in [0.05, 0.1) is 6.04 Å². The zero-order valence-electron chi connectivity index (χ0n) is 12.8. The maximum Gasteiger partial charge on any atom is 0.0700 e. The van der Waals surface area contributed by atoms with Crippen LogP contribution in [0, 0.1) is 0 Å². The molecule has 21 heavy (non-hydrogen) atoms. The van der Waals surface area contributed by atoms with Crippen molar-refractivity contribution in [3.63, 3.8) is 0 Å². The number of halogens is 2. The number of nitrogens with one attached hydrogen (secondary N) is 1. The molecule has 1 aromatic heterocycles. The largest absolute Gasteiger partial charge is 0.306 e. The summed E-state index contributed by atoms with van der Waals surface area (Å²) in [6.45, 7) is 9.64. The molecule has 0 radical (unpaired) electrons. The van der Waals surface area contributed by atoms with E-state index in [1.807, 2.05) is 29.5 Å². The Morgan fingerprint density at radius 3 is 2.19 bits per heavy atom. The highest BCUT2D eigenvalue weighted by Gasteiger charge is 2.23. The summed E-state index contributed by atoms with van der Waals surface area (Å²) < 4.78 is 0. The van der Waals surface area contributed by atoms with Crippen molar-refractivity contribution in [1.29, 1.82) is 0 Å². The van der Waals surface area contributed by atoms with Crippen molar-refractivity contribution in [2.24, 2.45) is 0 Å². The first-order chi connectivity index (χ1) is 9.84. The molecule has 0 bridgehead atoms. The highest BCUT2D eigenvalue weighted by atomic mass is 35.5. The fourth-order valence-electron chi connectivity index (χ4n) is 2.25. The third kappa shape index (κ3) is 3.81. The van der Waals surface area contributed by atoms with Gasteiger partial charge < -0.3 is 5.32 Å². The molecule has 1 N–H and O–H groups in total. The SMILES string of the molecule is CCNC(c1ccc(C(C)(C)C)s1)c1c(Cl)cccc1Cl. The Bertz CT molecular complexity index is 593. The molecule has 2 rings (SSSR count). The summed E-state index contributed by atoms with van der Waals surface area (Å²) in [6.07, 6.45) is 0. The molecule has 1 heterocycles. The van der Waals surface area contributed by atoms with Crippen LogP contribution in [0.3, 0.4) is 0 Å². The number of rotatable bonds is 4. The third-order valence-corrected chi connectivity index (χ3v) is 5.58. The van der Waals surface area contributed by atoms with Crippen LogP contribution in [0.2, 0.25) is 10.0 Å². The zero-order chi connectivity index (χ0) is 15.6. The minimum Gasteiger partial charge on any atom is -0.306 e. The molecule has 1 nitrogen and oxygen atoms in total. The minimum absolute atomic E-state index is 0.0392. The maximum absolute atomic E-state index is 6.39. The number of hydrogen-bond donors (Lipinski definition) is 1. The number of hydrogen-bond acceptors (Lipinski definition) is 2. The van der Waals surface area contributed by atoms with E-state index in [0.717, 1.165) is 12.1 Å². The molecule has 1 unspecified atom stereocenters. The molecule has 0 amide bonds. The summed E-state index contributed by atoms with van der Waals surface area (Å²) in [6, 6.07) is 10.1. The topological polar surface area (TPSA) is 12.0 Å². The Labute approximate surface area is 141 Å². The second kappa shape index (κ2) is 6.70. The van der Waals surface area contributed by atoms with E-state index < -0.39 is 0 Å². The highest BCUT2D eigenvalue weighted by Crippen LogP contribution is 2.39. The van der Waals surface area contributed by atoms with Crippen molar-refractivity contribution in [3.05, 3.63) is 55.7 Å². The van der Waals surface area contributed by atoms with Gasteiger partial charge in [-0.05, 0) is 36.2 Å². The van der Waals surface area contributed by atoms with Crippen molar-refractivity contribution in [2.45, 2.75) is 39.2 Å². The second-order valence-corrected chi connectivity index (χ2v) is 8.01. The number of benzene rings is 1. The van der Waals surface area contributed by atoms with Gasteiger partial charge >= 0.3 is 0 Å². The Balaban J connectivity index is 2.47. The van der Waals surface area contributed by atoms with Crippen molar-refractivity contribution in [3.8, 4) is 0 Å². The second-order valence-electron chi connectivity index (χ2n) is 6.08. The lowest BCUT2D eigenvalue weighted by Crippen LogP contribution is -2.21. The lowest BCUT2D eigenvalue weighted by Gasteiger charge is -2.20. The highest BCUT2D eigenvalue weighted by molar-refractivity contribution is 7.12. The van der Waals surface area contributed by atoms with Crippen LogP contribution in [0.5, 0.6) is 0 Å². The Morgan fingerprint density at radius 1 is 1.10 bits per heavy atom. The molecule has 4 heteroatoms. The summed E-state index contributed by atoms with van der Waals surface area (Å²) >= 11 is 14.6. The fraction of sp³-hybridized carbons (Fsp3) is 0.412. The zero-order valence-corrected chi connectivity index (χ0v) is 15.2. The monoisotopic (exact) mass is 341 g/mol. The summed E-state index contributed by atoms with van der Waals surface area (Å²) in [7, 11) is 0. The molecule has 1 atom stereocenters. The Morgan fingerprint density at radius 2 is 1.71 bits per heavy atom. The lowest BCUT2D eigenvalue weighted by atomic mass is 9.95. The van der Waals surface area contributed by atoms with Gasteiger partial charge in [-0.3, -0.25) is 0 Å².